The van der Waals surface area contributed by atoms with E-state index >= 15 is 0 Å². The average Bonchev–Trinajstić information content (AvgIpc) is 2.88. The number of aromatic nitrogens is 4. The number of benzene rings is 1. The minimum atomic E-state index is -0.454. The molecule has 20 heavy (non-hydrogen) atoms. The van der Waals surface area contributed by atoms with Crippen molar-refractivity contribution >= 4 is 29.3 Å². The summed E-state index contributed by atoms with van der Waals surface area (Å²) in [4.78, 5) is 11.9. The van der Waals surface area contributed by atoms with Crippen molar-refractivity contribution in [3.05, 3.63) is 28.8 Å². The molecule has 102 valence electrons. The van der Waals surface area contributed by atoms with Gasteiger partial charge in [-0.1, -0.05) is 11.6 Å². The smallest absolute Gasteiger partial charge is 0.327 e. The van der Waals surface area contributed by atoms with Gasteiger partial charge in [0.1, 0.15) is 6.54 Å². The molecule has 0 aliphatic heterocycles. The van der Waals surface area contributed by atoms with Crippen LogP contribution in [0.4, 0.5) is 0 Å². The highest BCUT2D eigenvalue weighted by Crippen LogP contribution is 2.32. The maximum atomic E-state index is 11.2. The monoisotopic (exact) mass is 309 g/mol. The third kappa shape index (κ3) is 3.26. The van der Waals surface area contributed by atoms with Gasteiger partial charge in [-0.25, -0.2) is 4.68 Å². The molecule has 1 aromatic heterocycles. The van der Waals surface area contributed by atoms with Gasteiger partial charge in [0.25, 0.3) is 0 Å². The Bertz CT molecular complexity index is 682. The summed E-state index contributed by atoms with van der Waals surface area (Å²) in [6.07, 6.45) is 0. The zero-order valence-electron chi connectivity index (χ0n) is 10.3. The van der Waals surface area contributed by atoms with Gasteiger partial charge in [0, 0.05) is 4.90 Å². The van der Waals surface area contributed by atoms with Crippen molar-refractivity contribution < 1.29 is 9.53 Å². The van der Waals surface area contributed by atoms with Gasteiger partial charge in [-0.2, -0.15) is 5.26 Å². The van der Waals surface area contributed by atoms with Gasteiger partial charge in [0.15, 0.2) is 0 Å². The van der Waals surface area contributed by atoms with Crippen LogP contribution in [0.1, 0.15) is 5.56 Å². The van der Waals surface area contributed by atoms with Gasteiger partial charge in [-0.15, -0.1) is 5.10 Å². The lowest BCUT2D eigenvalue weighted by Crippen LogP contribution is -2.13. The molecule has 0 radical (unpaired) electrons. The second-order valence-electron chi connectivity index (χ2n) is 3.55. The molecule has 1 heterocycles. The fourth-order valence-corrected chi connectivity index (χ4v) is 2.38. The first-order valence-electron chi connectivity index (χ1n) is 5.34. The topological polar surface area (TPSA) is 93.7 Å². The minimum absolute atomic E-state index is 0.0836. The van der Waals surface area contributed by atoms with E-state index < -0.39 is 5.97 Å². The second kappa shape index (κ2) is 6.36. The third-order valence-corrected chi connectivity index (χ3v) is 3.74. The fraction of sp³-hybridized carbons (Fsp3) is 0.182. The first kappa shape index (κ1) is 14.3. The predicted molar refractivity (Wildman–Crippen MR) is 70.1 cm³/mol. The number of rotatable bonds is 4. The number of hydrogen-bond donors (Lipinski definition) is 0. The number of nitriles is 1. The average molecular weight is 310 g/mol. The molecule has 0 saturated heterocycles. The molecule has 0 amide bonds. The molecule has 1 aromatic carbocycles. The molecule has 0 atom stereocenters. The summed E-state index contributed by atoms with van der Waals surface area (Å²) in [7, 11) is 1.29. The quantitative estimate of drug-likeness (QED) is 0.790. The molecule has 0 bridgehead atoms. The van der Waals surface area contributed by atoms with Crippen LogP contribution in [0, 0.1) is 11.3 Å². The Labute approximate surface area is 123 Å². The lowest BCUT2D eigenvalue weighted by Gasteiger charge is -2.04. The molecule has 0 spiro atoms. The summed E-state index contributed by atoms with van der Waals surface area (Å²) in [6, 6.07) is 6.89. The van der Waals surface area contributed by atoms with Crippen molar-refractivity contribution in [3.8, 4) is 6.07 Å². The predicted octanol–water partition coefficient (Wildman–Crippen LogP) is 1.52. The van der Waals surface area contributed by atoms with E-state index in [0.717, 1.165) is 0 Å². The molecular weight excluding hydrogens is 302 g/mol. The molecule has 0 N–H and O–H groups in total. The number of tetrazole rings is 1. The molecule has 9 heteroatoms. The summed E-state index contributed by atoms with van der Waals surface area (Å²) >= 11 is 7.27. The summed E-state index contributed by atoms with van der Waals surface area (Å²) < 4.78 is 5.87. The Morgan fingerprint density at radius 1 is 1.60 bits per heavy atom. The molecule has 2 aromatic rings. The van der Waals surface area contributed by atoms with Crippen molar-refractivity contribution in [1.29, 1.82) is 5.26 Å². The highest BCUT2D eigenvalue weighted by Gasteiger charge is 2.13. The summed E-state index contributed by atoms with van der Waals surface area (Å²) in [6.45, 7) is -0.0836. The number of carbonyl (C=O) groups is 1. The zero-order valence-corrected chi connectivity index (χ0v) is 11.9. The first-order valence-corrected chi connectivity index (χ1v) is 6.54. The summed E-state index contributed by atoms with van der Waals surface area (Å²) in [5.74, 6) is -0.454. The van der Waals surface area contributed by atoms with Crippen LogP contribution in [0.2, 0.25) is 5.02 Å². The van der Waals surface area contributed by atoms with Gasteiger partial charge in [0.2, 0.25) is 5.16 Å². The van der Waals surface area contributed by atoms with Gasteiger partial charge >= 0.3 is 5.97 Å². The number of halogens is 1. The van der Waals surface area contributed by atoms with Crippen LogP contribution >= 0.6 is 23.4 Å². The summed E-state index contributed by atoms with van der Waals surface area (Å²) in [5.41, 5.74) is 0.466. The molecule has 0 unspecified atom stereocenters. The Hall–Kier alpha value is -2.11. The molecule has 0 aliphatic carbocycles. The van der Waals surface area contributed by atoms with Gasteiger partial charge in [-0.3, -0.25) is 4.79 Å². The molecular formula is C11H8ClN5O2S. The number of ether oxygens (including phenoxy) is 1. The van der Waals surface area contributed by atoms with E-state index in [-0.39, 0.29) is 6.54 Å². The number of carbonyl (C=O) groups excluding carboxylic acids is 1. The first-order chi connectivity index (χ1) is 9.63. The van der Waals surface area contributed by atoms with Crippen molar-refractivity contribution in [2.24, 2.45) is 0 Å². The molecule has 2 rings (SSSR count). The van der Waals surface area contributed by atoms with Crippen LogP contribution in [0.5, 0.6) is 0 Å². The van der Waals surface area contributed by atoms with E-state index in [9.17, 15) is 4.79 Å². The standard InChI is InChI=1S/C11H8ClN5O2S/c1-19-10(18)6-17-11(14-15-16-17)20-9-3-2-7(5-13)4-8(9)12/h2-4H,6H2,1H3. The third-order valence-electron chi connectivity index (χ3n) is 2.27. The molecule has 0 saturated carbocycles. The van der Waals surface area contributed by atoms with Crippen molar-refractivity contribution in [2.45, 2.75) is 16.6 Å². The minimum Gasteiger partial charge on any atom is -0.468 e. The van der Waals surface area contributed by atoms with Crippen LogP contribution in [0.25, 0.3) is 0 Å². The normalized spacial score (nSPS) is 10.1. The number of hydrogen-bond acceptors (Lipinski definition) is 7. The van der Waals surface area contributed by atoms with Gasteiger partial charge in [0.05, 0.1) is 23.8 Å². The Balaban J connectivity index is 2.21. The Kier molecular flexibility index (Phi) is 4.55. The van der Waals surface area contributed by atoms with E-state index in [4.69, 9.17) is 16.9 Å². The number of esters is 1. The number of methoxy groups -OCH3 is 1. The fourth-order valence-electron chi connectivity index (χ4n) is 1.31. The van der Waals surface area contributed by atoms with Gasteiger partial charge in [-0.05, 0) is 40.4 Å². The molecule has 0 fully saturated rings. The molecule has 0 aliphatic rings. The maximum absolute atomic E-state index is 11.2. The van der Waals surface area contributed by atoms with Crippen LogP contribution in [-0.2, 0) is 16.1 Å². The van der Waals surface area contributed by atoms with E-state index in [1.54, 1.807) is 18.2 Å². The highest BCUT2D eigenvalue weighted by atomic mass is 35.5. The van der Waals surface area contributed by atoms with E-state index in [2.05, 4.69) is 20.3 Å². The van der Waals surface area contributed by atoms with Crippen LogP contribution < -0.4 is 0 Å². The van der Waals surface area contributed by atoms with Crippen molar-refractivity contribution in [3.63, 3.8) is 0 Å². The Morgan fingerprint density at radius 3 is 3.05 bits per heavy atom. The number of nitrogens with zero attached hydrogens (tertiary/aromatic N) is 5. The van der Waals surface area contributed by atoms with E-state index in [0.29, 0.717) is 20.6 Å². The van der Waals surface area contributed by atoms with Crippen LogP contribution in [0.15, 0.2) is 28.3 Å². The summed E-state index contributed by atoms with van der Waals surface area (Å²) in [5, 5.41) is 20.6. The SMILES string of the molecule is COC(=O)Cn1nnnc1Sc1ccc(C#N)cc1Cl. The second-order valence-corrected chi connectivity index (χ2v) is 4.97. The van der Waals surface area contributed by atoms with Crippen molar-refractivity contribution in [2.75, 3.05) is 7.11 Å². The zero-order chi connectivity index (χ0) is 14.5. The largest absolute Gasteiger partial charge is 0.468 e. The van der Waals surface area contributed by atoms with Crippen LogP contribution in [-0.4, -0.2) is 33.3 Å². The lowest BCUT2D eigenvalue weighted by atomic mass is 10.2. The van der Waals surface area contributed by atoms with Gasteiger partial charge < -0.3 is 4.74 Å². The lowest BCUT2D eigenvalue weighted by molar-refractivity contribution is -0.141. The maximum Gasteiger partial charge on any atom is 0.327 e. The van der Waals surface area contributed by atoms with Crippen molar-refractivity contribution in [1.82, 2.24) is 20.2 Å². The van der Waals surface area contributed by atoms with Crippen LogP contribution in [0.3, 0.4) is 0 Å². The highest BCUT2D eigenvalue weighted by molar-refractivity contribution is 7.99. The Morgan fingerprint density at radius 2 is 2.40 bits per heavy atom. The molecule has 7 nitrogen and oxygen atoms in total. The van der Waals surface area contributed by atoms with E-state index in [1.165, 1.54) is 23.6 Å². The van der Waals surface area contributed by atoms with E-state index in [1.807, 2.05) is 6.07 Å².